The molecule has 0 aliphatic rings. The van der Waals surface area contributed by atoms with Gasteiger partial charge in [-0.15, -0.1) is 0 Å². The number of pyridine rings is 1. The molecule has 0 aliphatic carbocycles. The van der Waals surface area contributed by atoms with E-state index in [-0.39, 0.29) is 12.1 Å². The van der Waals surface area contributed by atoms with Crippen LogP contribution >= 0.6 is 15.9 Å². The number of anilines is 1. The highest BCUT2D eigenvalue weighted by Crippen LogP contribution is 2.13. The summed E-state index contributed by atoms with van der Waals surface area (Å²) in [4.78, 5) is 11.7. The lowest BCUT2D eigenvalue weighted by molar-refractivity contribution is 0.596. The summed E-state index contributed by atoms with van der Waals surface area (Å²) in [5.41, 5.74) is 6.07. The molecule has 0 unspecified atom stereocenters. The summed E-state index contributed by atoms with van der Waals surface area (Å²) >= 11 is 3.14. The smallest absolute Gasteiger partial charge is 0.265 e. The number of nitrogens with two attached hydrogens (primary N) is 1. The standard InChI is InChI=1S/C12H10BrFN2O/c13-10-2-1-5-16(12(10)17)7-8-3-4-9(15)6-11(8)14/h1-6H,7,15H2. The first-order valence-corrected chi connectivity index (χ1v) is 5.76. The lowest BCUT2D eigenvalue weighted by Crippen LogP contribution is -2.20. The molecule has 2 N–H and O–H groups in total. The van der Waals surface area contributed by atoms with Crippen molar-refractivity contribution in [2.24, 2.45) is 0 Å². The van der Waals surface area contributed by atoms with Gasteiger partial charge in [-0.05, 0) is 40.2 Å². The molecule has 1 aromatic heterocycles. The molecular formula is C12H10BrFN2O. The maximum absolute atomic E-state index is 13.6. The van der Waals surface area contributed by atoms with E-state index in [9.17, 15) is 9.18 Å². The summed E-state index contributed by atoms with van der Waals surface area (Å²) in [6, 6.07) is 7.82. The second-order valence-electron chi connectivity index (χ2n) is 3.64. The molecule has 0 radical (unpaired) electrons. The monoisotopic (exact) mass is 296 g/mol. The minimum absolute atomic E-state index is 0.185. The highest BCUT2D eigenvalue weighted by molar-refractivity contribution is 9.10. The molecule has 3 nitrogen and oxygen atoms in total. The fourth-order valence-corrected chi connectivity index (χ4v) is 1.89. The van der Waals surface area contributed by atoms with Gasteiger partial charge in [0.25, 0.3) is 5.56 Å². The van der Waals surface area contributed by atoms with Gasteiger partial charge >= 0.3 is 0 Å². The third kappa shape index (κ3) is 2.55. The van der Waals surface area contributed by atoms with Crippen LogP contribution in [0.5, 0.6) is 0 Å². The molecule has 0 atom stereocenters. The minimum atomic E-state index is -0.406. The van der Waals surface area contributed by atoms with Crippen molar-refractivity contribution in [3.8, 4) is 0 Å². The maximum atomic E-state index is 13.6. The predicted octanol–water partition coefficient (Wildman–Crippen LogP) is 2.38. The van der Waals surface area contributed by atoms with Gasteiger partial charge in [-0.2, -0.15) is 0 Å². The third-order valence-corrected chi connectivity index (χ3v) is 3.00. The molecule has 5 heteroatoms. The molecule has 0 bridgehead atoms. The van der Waals surface area contributed by atoms with Gasteiger partial charge in [-0.1, -0.05) is 6.07 Å². The molecule has 2 rings (SSSR count). The molecule has 0 saturated heterocycles. The van der Waals surface area contributed by atoms with Crippen LogP contribution in [0, 0.1) is 5.82 Å². The zero-order valence-corrected chi connectivity index (χ0v) is 10.4. The van der Waals surface area contributed by atoms with Gasteiger partial charge < -0.3 is 10.3 Å². The Labute approximate surface area is 106 Å². The maximum Gasteiger partial charge on any atom is 0.265 e. The molecule has 0 spiro atoms. The summed E-state index contributed by atoms with van der Waals surface area (Å²) in [5, 5.41) is 0. The van der Waals surface area contributed by atoms with Gasteiger partial charge in [0.15, 0.2) is 0 Å². The third-order valence-electron chi connectivity index (χ3n) is 2.39. The Bertz CT molecular complexity index is 610. The highest BCUT2D eigenvalue weighted by Gasteiger charge is 2.05. The Balaban J connectivity index is 2.38. The average Bonchev–Trinajstić information content (AvgIpc) is 2.28. The van der Waals surface area contributed by atoms with Crippen molar-refractivity contribution < 1.29 is 4.39 Å². The largest absolute Gasteiger partial charge is 0.399 e. The second-order valence-corrected chi connectivity index (χ2v) is 4.49. The van der Waals surface area contributed by atoms with Crippen LogP contribution in [0.3, 0.4) is 0 Å². The number of hydrogen-bond acceptors (Lipinski definition) is 2. The number of hydrogen-bond donors (Lipinski definition) is 1. The molecule has 0 aliphatic heterocycles. The number of rotatable bonds is 2. The number of nitrogen functional groups attached to an aromatic ring is 1. The van der Waals surface area contributed by atoms with Crippen molar-refractivity contribution in [1.82, 2.24) is 4.57 Å². The Hall–Kier alpha value is -1.62. The summed E-state index contributed by atoms with van der Waals surface area (Å²) in [5.74, 6) is -0.406. The summed E-state index contributed by atoms with van der Waals surface area (Å²) in [7, 11) is 0. The Morgan fingerprint density at radius 2 is 2.12 bits per heavy atom. The van der Waals surface area contributed by atoms with Crippen LogP contribution in [0.1, 0.15) is 5.56 Å². The zero-order valence-electron chi connectivity index (χ0n) is 8.86. The van der Waals surface area contributed by atoms with E-state index >= 15 is 0 Å². The van der Waals surface area contributed by atoms with Crippen LogP contribution in [0.25, 0.3) is 0 Å². The van der Waals surface area contributed by atoms with Crippen LogP contribution in [0.2, 0.25) is 0 Å². The molecular weight excluding hydrogens is 287 g/mol. The first-order valence-electron chi connectivity index (χ1n) is 4.97. The molecule has 0 amide bonds. The highest BCUT2D eigenvalue weighted by atomic mass is 79.9. The molecule has 1 heterocycles. The van der Waals surface area contributed by atoms with Crippen molar-refractivity contribution in [3.63, 3.8) is 0 Å². The first-order chi connectivity index (χ1) is 8.08. The van der Waals surface area contributed by atoms with Crippen LogP contribution in [0.15, 0.2) is 45.8 Å². The fraction of sp³-hybridized carbons (Fsp3) is 0.0833. The predicted molar refractivity (Wildman–Crippen MR) is 68.3 cm³/mol. The van der Waals surface area contributed by atoms with Gasteiger partial charge in [0.1, 0.15) is 5.82 Å². The van der Waals surface area contributed by atoms with Crippen molar-refractivity contribution in [2.75, 3.05) is 5.73 Å². The zero-order chi connectivity index (χ0) is 12.4. The summed E-state index contributed by atoms with van der Waals surface area (Å²) in [6.07, 6.45) is 1.61. The van der Waals surface area contributed by atoms with Gasteiger partial charge in [-0.3, -0.25) is 4.79 Å². The Morgan fingerprint density at radius 1 is 1.35 bits per heavy atom. The number of benzene rings is 1. The van der Waals surface area contributed by atoms with E-state index in [1.54, 1.807) is 30.5 Å². The van der Waals surface area contributed by atoms with Gasteiger partial charge in [0.05, 0.1) is 11.0 Å². The lowest BCUT2D eigenvalue weighted by Gasteiger charge is -2.07. The van der Waals surface area contributed by atoms with Gasteiger partial charge in [0, 0.05) is 17.4 Å². The van der Waals surface area contributed by atoms with Gasteiger partial charge in [-0.25, -0.2) is 4.39 Å². The quantitative estimate of drug-likeness (QED) is 0.865. The molecule has 17 heavy (non-hydrogen) atoms. The minimum Gasteiger partial charge on any atom is -0.399 e. The van der Waals surface area contributed by atoms with Gasteiger partial charge in [0.2, 0.25) is 0 Å². The lowest BCUT2D eigenvalue weighted by atomic mass is 10.2. The first kappa shape index (κ1) is 11.9. The molecule has 2 aromatic rings. The Morgan fingerprint density at radius 3 is 2.82 bits per heavy atom. The normalized spacial score (nSPS) is 10.5. The van der Waals surface area contributed by atoms with Crippen molar-refractivity contribution >= 4 is 21.6 Å². The van der Waals surface area contributed by atoms with Crippen LogP contribution in [0.4, 0.5) is 10.1 Å². The molecule has 1 aromatic carbocycles. The SMILES string of the molecule is Nc1ccc(Cn2cccc(Br)c2=O)c(F)c1. The number of nitrogens with zero attached hydrogens (tertiary/aromatic N) is 1. The summed E-state index contributed by atoms with van der Waals surface area (Å²) in [6.45, 7) is 0.185. The average molecular weight is 297 g/mol. The number of aromatic nitrogens is 1. The Kier molecular flexibility index (Phi) is 3.28. The van der Waals surface area contributed by atoms with Crippen molar-refractivity contribution in [2.45, 2.75) is 6.54 Å². The summed E-state index contributed by atoms with van der Waals surface area (Å²) < 4.78 is 15.4. The molecule has 88 valence electrons. The van der Waals surface area contributed by atoms with Crippen LogP contribution < -0.4 is 11.3 Å². The van der Waals surface area contributed by atoms with E-state index in [0.29, 0.717) is 15.7 Å². The van der Waals surface area contributed by atoms with Crippen LogP contribution in [-0.2, 0) is 6.54 Å². The van der Waals surface area contributed by atoms with E-state index in [0.717, 1.165) is 0 Å². The topological polar surface area (TPSA) is 48.0 Å². The number of halogens is 2. The molecule has 0 fully saturated rings. The second kappa shape index (κ2) is 4.71. The van der Waals surface area contributed by atoms with Crippen LogP contribution in [-0.4, -0.2) is 4.57 Å². The van der Waals surface area contributed by atoms with E-state index < -0.39 is 5.82 Å². The molecule has 0 saturated carbocycles. The van der Waals surface area contributed by atoms with E-state index in [1.165, 1.54) is 10.6 Å². The van der Waals surface area contributed by atoms with E-state index in [2.05, 4.69) is 15.9 Å². The fourth-order valence-electron chi connectivity index (χ4n) is 1.51. The van der Waals surface area contributed by atoms with Crippen molar-refractivity contribution in [3.05, 3.63) is 62.7 Å². The van der Waals surface area contributed by atoms with E-state index in [1.807, 2.05) is 0 Å². The van der Waals surface area contributed by atoms with E-state index in [4.69, 9.17) is 5.73 Å². The van der Waals surface area contributed by atoms with Crippen molar-refractivity contribution in [1.29, 1.82) is 0 Å².